The zero-order valence-electron chi connectivity index (χ0n) is 9.46. The molecule has 6 nitrogen and oxygen atoms in total. The minimum atomic E-state index is -3.81. The zero-order chi connectivity index (χ0) is 13.3. The van der Waals surface area contributed by atoms with E-state index >= 15 is 0 Å². The molecule has 0 fully saturated rings. The van der Waals surface area contributed by atoms with Crippen molar-refractivity contribution in [1.82, 2.24) is 9.78 Å². The lowest BCUT2D eigenvalue weighted by molar-refractivity contribution is 0.601. The number of anilines is 2. The van der Waals surface area contributed by atoms with Crippen LogP contribution < -0.4 is 10.5 Å². The highest BCUT2D eigenvalue weighted by molar-refractivity contribution is 7.92. The maximum Gasteiger partial charge on any atom is 0.265 e. The SMILES string of the molecule is Cn1cc(S(=O)(=O)Nc2cc(F)ccc2N)cn1. The average molecular weight is 270 g/mol. The summed E-state index contributed by atoms with van der Waals surface area (Å²) >= 11 is 0. The number of aryl methyl sites for hydroxylation is 1. The number of nitrogens with two attached hydrogens (primary N) is 1. The van der Waals surface area contributed by atoms with Gasteiger partial charge < -0.3 is 5.73 Å². The number of aromatic nitrogens is 2. The fourth-order valence-electron chi connectivity index (χ4n) is 1.36. The summed E-state index contributed by atoms with van der Waals surface area (Å²) in [5, 5.41) is 3.76. The van der Waals surface area contributed by atoms with Gasteiger partial charge >= 0.3 is 0 Å². The number of nitrogen functional groups attached to an aromatic ring is 1. The number of nitrogens with one attached hydrogen (secondary N) is 1. The summed E-state index contributed by atoms with van der Waals surface area (Å²) in [7, 11) is -2.22. The van der Waals surface area contributed by atoms with Crippen molar-refractivity contribution >= 4 is 21.4 Å². The molecule has 2 aromatic rings. The Labute approximate surface area is 103 Å². The van der Waals surface area contributed by atoms with Crippen LogP contribution in [0.5, 0.6) is 0 Å². The number of hydrogen-bond acceptors (Lipinski definition) is 4. The van der Waals surface area contributed by atoms with E-state index in [1.165, 1.54) is 23.1 Å². The first kappa shape index (κ1) is 12.4. The van der Waals surface area contributed by atoms with Gasteiger partial charge in [-0.15, -0.1) is 0 Å². The second-order valence-corrected chi connectivity index (χ2v) is 5.37. The molecule has 0 aliphatic rings. The molecule has 0 radical (unpaired) electrons. The van der Waals surface area contributed by atoms with Crippen LogP contribution in [0.4, 0.5) is 15.8 Å². The van der Waals surface area contributed by atoms with Crippen molar-refractivity contribution in [2.75, 3.05) is 10.5 Å². The number of halogens is 1. The van der Waals surface area contributed by atoms with Gasteiger partial charge in [0.25, 0.3) is 10.0 Å². The molecular formula is C10H11FN4O2S. The first-order chi connectivity index (χ1) is 8.38. The largest absolute Gasteiger partial charge is 0.397 e. The fourth-order valence-corrected chi connectivity index (χ4v) is 2.42. The first-order valence-corrected chi connectivity index (χ1v) is 6.43. The predicted molar refractivity (Wildman–Crippen MR) is 64.8 cm³/mol. The summed E-state index contributed by atoms with van der Waals surface area (Å²) in [5.41, 5.74) is 5.71. The number of sulfonamides is 1. The van der Waals surface area contributed by atoms with E-state index in [1.54, 1.807) is 7.05 Å². The molecule has 0 bridgehead atoms. The first-order valence-electron chi connectivity index (χ1n) is 4.95. The van der Waals surface area contributed by atoms with E-state index < -0.39 is 15.8 Å². The Hall–Kier alpha value is -2.09. The van der Waals surface area contributed by atoms with Crippen molar-refractivity contribution in [3.05, 3.63) is 36.4 Å². The van der Waals surface area contributed by atoms with E-state index in [4.69, 9.17) is 5.73 Å². The summed E-state index contributed by atoms with van der Waals surface area (Å²) in [6, 6.07) is 3.46. The monoisotopic (exact) mass is 270 g/mol. The summed E-state index contributed by atoms with van der Waals surface area (Å²) in [6.07, 6.45) is 2.52. The van der Waals surface area contributed by atoms with Crippen LogP contribution in [0.3, 0.4) is 0 Å². The molecular weight excluding hydrogens is 259 g/mol. The molecule has 18 heavy (non-hydrogen) atoms. The second kappa shape index (κ2) is 4.30. The molecule has 1 aromatic carbocycles. The van der Waals surface area contributed by atoms with Crippen LogP contribution in [-0.4, -0.2) is 18.2 Å². The zero-order valence-corrected chi connectivity index (χ0v) is 10.3. The van der Waals surface area contributed by atoms with Crippen molar-refractivity contribution in [3.63, 3.8) is 0 Å². The van der Waals surface area contributed by atoms with Gasteiger partial charge in [-0.2, -0.15) is 5.10 Å². The number of benzene rings is 1. The maximum atomic E-state index is 13.0. The number of rotatable bonds is 3. The Kier molecular flexibility index (Phi) is 2.95. The summed E-state index contributed by atoms with van der Waals surface area (Å²) in [6.45, 7) is 0. The Morgan fingerprint density at radius 2 is 2.17 bits per heavy atom. The number of nitrogens with zero attached hydrogens (tertiary/aromatic N) is 2. The van der Waals surface area contributed by atoms with Gasteiger partial charge in [-0.3, -0.25) is 9.40 Å². The van der Waals surface area contributed by atoms with E-state index in [0.717, 1.165) is 12.1 Å². The minimum absolute atomic E-state index is 0.00106. The summed E-state index contributed by atoms with van der Waals surface area (Å²) in [5.74, 6) is -0.576. The maximum absolute atomic E-state index is 13.0. The molecule has 0 atom stereocenters. The van der Waals surface area contributed by atoms with Crippen LogP contribution in [-0.2, 0) is 17.1 Å². The van der Waals surface area contributed by atoms with Gasteiger partial charge in [0, 0.05) is 19.3 Å². The molecule has 1 aromatic heterocycles. The summed E-state index contributed by atoms with van der Waals surface area (Å²) < 4.78 is 40.5. The third-order valence-electron chi connectivity index (χ3n) is 2.25. The van der Waals surface area contributed by atoms with Crippen LogP contribution in [0.1, 0.15) is 0 Å². The van der Waals surface area contributed by atoms with Crippen molar-refractivity contribution < 1.29 is 12.8 Å². The lowest BCUT2D eigenvalue weighted by atomic mass is 10.3. The molecule has 2 rings (SSSR count). The van der Waals surface area contributed by atoms with Gasteiger partial charge in [0.15, 0.2) is 0 Å². The van der Waals surface area contributed by atoms with E-state index in [2.05, 4.69) is 9.82 Å². The normalized spacial score (nSPS) is 11.4. The average Bonchev–Trinajstić information content (AvgIpc) is 2.71. The smallest absolute Gasteiger partial charge is 0.265 e. The fraction of sp³-hybridized carbons (Fsp3) is 0.100. The van der Waals surface area contributed by atoms with Crippen molar-refractivity contribution in [1.29, 1.82) is 0 Å². The van der Waals surface area contributed by atoms with Gasteiger partial charge in [-0.25, -0.2) is 12.8 Å². The lowest BCUT2D eigenvalue weighted by Crippen LogP contribution is -2.13. The summed E-state index contributed by atoms with van der Waals surface area (Å²) in [4.78, 5) is -0.0198. The molecule has 0 saturated carbocycles. The van der Waals surface area contributed by atoms with Crippen LogP contribution in [0.15, 0.2) is 35.5 Å². The van der Waals surface area contributed by atoms with Gasteiger partial charge in [-0.05, 0) is 12.1 Å². The highest BCUT2D eigenvalue weighted by atomic mass is 32.2. The Morgan fingerprint density at radius 3 is 2.78 bits per heavy atom. The van der Waals surface area contributed by atoms with E-state index in [9.17, 15) is 12.8 Å². The van der Waals surface area contributed by atoms with Crippen molar-refractivity contribution in [3.8, 4) is 0 Å². The second-order valence-electron chi connectivity index (χ2n) is 3.69. The molecule has 0 aliphatic carbocycles. The highest BCUT2D eigenvalue weighted by Crippen LogP contribution is 2.22. The molecule has 1 heterocycles. The molecule has 0 unspecified atom stereocenters. The Bertz CT molecular complexity index is 681. The van der Waals surface area contributed by atoms with E-state index in [-0.39, 0.29) is 16.3 Å². The van der Waals surface area contributed by atoms with Gasteiger partial charge in [0.2, 0.25) is 0 Å². The molecule has 96 valence electrons. The quantitative estimate of drug-likeness (QED) is 0.812. The van der Waals surface area contributed by atoms with E-state index in [1.807, 2.05) is 0 Å². The molecule has 8 heteroatoms. The Balaban J connectivity index is 2.36. The molecule has 0 amide bonds. The van der Waals surface area contributed by atoms with Gasteiger partial charge in [0.1, 0.15) is 10.7 Å². The Morgan fingerprint density at radius 1 is 1.44 bits per heavy atom. The van der Waals surface area contributed by atoms with Gasteiger partial charge in [0.05, 0.1) is 17.6 Å². The molecule has 3 N–H and O–H groups in total. The molecule has 0 aliphatic heterocycles. The van der Waals surface area contributed by atoms with Crippen LogP contribution >= 0.6 is 0 Å². The van der Waals surface area contributed by atoms with Crippen molar-refractivity contribution in [2.24, 2.45) is 7.05 Å². The predicted octanol–water partition coefficient (Wildman–Crippen LogP) is 0.942. The number of hydrogen-bond donors (Lipinski definition) is 2. The minimum Gasteiger partial charge on any atom is -0.397 e. The third-order valence-corrected chi connectivity index (χ3v) is 3.57. The topological polar surface area (TPSA) is 90.0 Å². The van der Waals surface area contributed by atoms with Crippen molar-refractivity contribution in [2.45, 2.75) is 4.90 Å². The standard InChI is InChI=1S/C10H11FN4O2S/c1-15-6-8(5-13-15)18(16,17)14-10-4-7(11)2-3-9(10)12/h2-6,14H,12H2,1H3. The van der Waals surface area contributed by atoms with Crippen LogP contribution in [0.25, 0.3) is 0 Å². The lowest BCUT2D eigenvalue weighted by Gasteiger charge is -2.08. The van der Waals surface area contributed by atoms with E-state index in [0.29, 0.717) is 0 Å². The highest BCUT2D eigenvalue weighted by Gasteiger charge is 2.17. The van der Waals surface area contributed by atoms with Crippen LogP contribution in [0.2, 0.25) is 0 Å². The third kappa shape index (κ3) is 2.43. The molecule has 0 spiro atoms. The van der Waals surface area contributed by atoms with Crippen LogP contribution in [0, 0.1) is 5.82 Å². The van der Waals surface area contributed by atoms with Gasteiger partial charge in [-0.1, -0.05) is 0 Å². The molecule has 0 saturated heterocycles.